The normalized spacial score (nSPS) is 14.9. The Morgan fingerprint density at radius 2 is 2.13 bits per heavy atom. The van der Waals surface area contributed by atoms with Crippen molar-refractivity contribution in [2.75, 3.05) is 6.61 Å². The molecular weight excluding hydrogens is 210 g/mol. The largest absolute Gasteiger partial charge is 0.396 e. The van der Waals surface area contributed by atoms with Crippen molar-refractivity contribution in [3.63, 3.8) is 0 Å². The minimum absolute atomic E-state index is 0.208. The highest BCUT2D eigenvalue weighted by atomic mass is 32.2. The molecule has 2 atom stereocenters. The summed E-state index contributed by atoms with van der Waals surface area (Å²) in [7, 11) is 0. The van der Waals surface area contributed by atoms with Crippen LogP contribution < -0.4 is 0 Å². The second-order valence-corrected chi connectivity index (χ2v) is 5.01. The molecule has 0 fully saturated rings. The molecule has 0 aliphatic heterocycles. The number of aliphatic hydroxyl groups excluding tert-OH is 2. The van der Waals surface area contributed by atoms with E-state index in [1.807, 2.05) is 12.1 Å². The third-order valence-electron chi connectivity index (χ3n) is 2.10. The minimum atomic E-state index is -0.466. The number of aliphatic hydroxyl groups is 2. The van der Waals surface area contributed by atoms with Crippen LogP contribution in [0.25, 0.3) is 0 Å². The van der Waals surface area contributed by atoms with Crippen LogP contribution in [-0.2, 0) is 0 Å². The van der Waals surface area contributed by atoms with Gasteiger partial charge in [-0.2, -0.15) is 0 Å². The summed E-state index contributed by atoms with van der Waals surface area (Å²) in [5.41, 5.74) is 0.828. The van der Waals surface area contributed by atoms with Crippen LogP contribution in [0.2, 0.25) is 0 Å². The molecule has 84 valence electrons. The van der Waals surface area contributed by atoms with Gasteiger partial charge in [0.25, 0.3) is 0 Å². The second kappa shape index (κ2) is 6.10. The van der Waals surface area contributed by atoms with Gasteiger partial charge in [0.05, 0.1) is 11.1 Å². The van der Waals surface area contributed by atoms with E-state index in [9.17, 15) is 5.11 Å². The van der Waals surface area contributed by atoms with Gasteiger partial charge in [0.15, 0.2) is 0 Å². The van der Waals surface area contributed by atoms with Gasteiger partial charge in [0, 0.05) is 18.1 Å². The summed E-state index contributed by atoms with van der Waals surface area (Å²) in [4.78, 5) is 4.24. The van der Waals surface area contributed by atoms with Crippen LogP contribution in [-0.4, -0.2) is 27.1 Å². The SMILES string of the molecule is CC(CCO)Sc1ccc(C(C)O)cn1. The average Bonchev–Trinajstić information content (AvgIpc) is 2.18. The lowest BCUT2D eigenvalue weighted by molar-refractivity contribution is 0.198. The molecule has 2 N–H and O–H groups in total. The third-order valence-corrected chi connectivity index (χ3v) is 3.22. The van der Waals surface area contributed by atoms with Crippen LogP contribution in [0, 0.1) is 0 Å². The molecule has 0 saturated carbocycles. The first-order valence-electron chi connectivity index (χ1n) is 5.05. The Balaban J connectivity index is 2.56. The van der Waals surface area contributed by atoms with Crippen LogP contribution in [0.1, 0.15) is 31.9 Å². The highest BCUT2D eigenvalue weighted by Gasteiger charge is 2.06. The number of rotatable bonds is 5. The van der Waals surface area contributed by atoms with Gasteiger partial charge in [-0.1, -0.05) is 13.0 Å². The standard InChI is InChI=1S/C11H17NO2S/c1-8(5-6-13)15-11-4-3-10(7-12-11)9(2)14/h3-4,7-9,13-14H,5-6H2,1-2H3. The van der Waals surface area contributed by atoms with Gasteiger partial charge in [-0.15, -0.1) is 11.8 Å². The maximum absolute atomic E-state index is 9.30. The van der Waals surface area contributed by atoms with E-state index in [-0.39, 0.29) is 6.61 Å². The lowest BCUT2D eigenvalue weighted by Gasteiger charge is -2.09. The summed E-state index contributed by atoms with van der Waals surface area (Å²) in [6, 6.07) is 3.78. The molecule has 1 aromatic rings. The lowest BCUT2D eigenvalue weighted by atomic mass is 10.2. The van der Waals surface area contributed by atoms with Gasteiger partial charge in [-0.05, 0) is 25.0 Å². The van der Waals surface area contributed by atoms with E-state index < -0.39 is 6.10 Å². The maximum atomic E-state index is 9.30. The molecule has 15 heavy (non-hydrogen) atoms. The maximum Gasteiger partial charge on any atom is 0.0962 e. The second-order valence-electron chi connectivity index (χ2n) is 3.55. The molecule has 0 radical (unpaired) electrons. The molecule has 0 bridgehead atoms. The Morgan fingerprint density at radius 1 is 1.40 bits per heavy atom. The first-order valence-corrected chi connectivity index (χ1v) is 5.93. The summed E-state index contributed by atoms with van der Waals surface area (Å²) in [6.45, 7) is 3.99. The van der Waals surface area contributed by atoms with Gasteiger partial charge in [-0.25, -0.2) is 4.98 Å². The third kappa shape index (κ3) is 4.20. The number of hydrogen-bond donors (Lipinski definition) is 2. The van der Waals surface area contributed by atoms with Gasteiger partial charge in [0.2, 0.25) is 0 Å². The Bertz CT molecular complexity index is 287. The molecule has 4 heteroatoms. The Morgan fingerprint density at radius 3 is 2.60 bits per heavy atom. The van der Waals surface area contributed by atoms with Gasteiger partial charge >= 0.3 is 0 Å². The monoisotopic (exact) mass is 227 g/mol. The van der Waals surface area contributed by atoms with Gasteiger partial charge in [-0.3, -0.25) is 0 Å². The van der Waals surface area contributed by atoms with E-state index in [2.05, 4.69) is 11.9 Å². The molecule has 0 saturated heterocycles. The zero-order valence-electron chi connectivity index (χ0n) is 9.05. The molecule has 0 aromatic carbocycles. The minimum Gasteiger partial charge on any atom is -0.396 e. The van der Waals surface area contributed by atoms with Crippen LogP contribution in [0.5, 0.6) is 0 Å². The van der Waals surface area contributed by atoms with Crippen molar-refractivity contribution in [3.8, 4) is 0 Å². The van der Waals surface area contributed by atoms with E-state index in [0.717, 1.165) is 17.0 Å². The van der Waals surface area contributed by atoms with Crippen molar-refractivity contribution in [2.45, 2.75) is 36.6 Å². The molecule has 1 aromatic heterocycles. The number of hydrogen-bond acceptors (Lipinski definition) is 4. The summed E-state index contributed by atoms with van der Waals surface area (Å²) in [5, 5.41) is 19.4. The fourth-order valence-electron chi connectivity index (χ4n) is 1.16. The number of pyridine rings is 1. The summed E-state index contributed by atoms with van der Waals surface area (Å²) >= 11 is 1.64. The van der Waals surface area contributed by atoms with Crippen molar-refractivity contribution in [3.05, 3.63) is 23.9 Å². The molecule has 2 unspecified atom stereocenters. The average molecular weight is 227 g/mol. The molecule has 0 aliphatic rings. The number of aromatic nitrogens is 1. The topological polar surface area (TPSA) is 53.4 Å². The molecule has 0 spiro atoms. The predicted octanol–water partition coefficient (Wildman–Crippen LogP) is 2.00. The van der Waals surface area contributed by atoms with Gasteiger partial charge < -0.3 is 10.2 Å². The summed E-state index contributed by atoms with van der Waals surface area (Å²) < 4.78 is 0. The highest BCUT2D eigenvalue weighted by molar-refractivity contribution is 7.99. The molecular formula is C11H17NO2S. The van der Waals surface area contributed by atoms with Crippen molar-refractivity contribution in [2.24, 2.45) is 0 Å². The fourth-order valence-corrected chi connectivity index (χ4v) is 2.05. The van der Waals surface area contributed by atoms with E-state index in [1.165, 1.54) is 0 Å². The van der Waals surface area contributed by atoms with Crippen molar-refractivity contribution >= 4 is 11.8 Å². The number of nitrogens with zero attached hydrogens (tertiary/aromatic N) is 1. The summed E-state index contributed by atoms with van der Waals surface area (Å²) in [6.07, 6.45) is 2.00. The molecule has 1 heterocycles. The van der Waals surface area contributed by atoms with E-state index >= 15 is 0 Å². The van der Waals surface area contributed by atoms with E-state index in [4.69, 9.17) is 5.11 Å². The van der Waals surface area contributed by atoms with Gasteiger partial charge in [0.1, 0.15) is 0 Å². The first-order chi connectivity index (χ1) is 7.13. The zero-order valence-corrected chi connectivity index (χ0v) is 9.87. The Kier molecular flexibility index (Phi) is 5.08. The smallest absolute Gasteiger partial charge is 0.0962 e. The van der Waals surface area contributed by atoms with Crippen LogP contribution >= 0.6 is 11.8 Å². The Hall–Kier alpha value is -0.580. The quantitative estimate of drug-likeness (QED) is 0.755. The van der Waals surface area contributed by atoms with Crippen LogP contribution in [0.3, 0.4) is 0 Å². The van der Waals surface area contributed by atoms with Crippen molar-refractivity contribution < 1.29 is 10.2 Å². The van der Waals surface area contributed by atoms with Crippen molar-refractivity contribution in [1.82, 2.24) is 4.98 Å². The summed E-state index contributed by atoms with van der Waals surface area (Å²) in [5.74, 6) is 0. The molecule has 1 rings (SSSR count). The van der Waals surface area contributed by atoms with Crippen molar-refractivity contribution in [1.29, 1.82) is 0 Å². The highest BCUT2D eigenvalue weighted by Crippen LogP contribution is 2.23. The molecule has 0 aliphatic carbocycles. The van der Waals surface area contributed by atoms with E-state index in [0.29, 0.717) is 5.25 Å². The van der Waals surface area contributed by atoms with Crippen LogP contribution in [0.4, 0.5) is 0 Å². The molecule has 3 nitrogen and oxygen atoms in total. The predicted molar refractivity (Wildman–Crippen MR) is 61.9 cm³/mol. The fraction of sp³-hybridized carbons (Fsp3) is 0.545. The zero-order chi connectivity index (χ0) is 11.3. The lowest BCUT2D eigenvalue weighted by Crippen LogP contribution is -2.00. The Labute approximate surface area is 94.6 Å². The first kappa shape index (κ1) is 12.5. The van der Waals surface area contributed by atoms with E-state index in [1.54, 1.807) is 24.9 Å². The van der Waals surface area contributed by atoms with Crippen LogP contribution in [0.15, 0.2) is 23.4 Å². The molecule has 0 amide bonds. The number of thioether (sulfide) groups is 1.